The fourth-order valence-electron chi connectivity index (χ4n) is 7.33. The van der Waals surface area contributed by atoms with Crippen LogP contribution >= 0.6 is 0 Å². The van der Waals surface area contributed by atoms with E-state index >= 15 is 8.78 Å². The van der Waals surface area contributed by atoms with Gasteiger partial charge < -0.3 is 14.2 Å². The summed E-state index contributed by atoms with van der Waals surface area (Å²) in [6.45, 7) is 3.79. The number of hydrogen-bond acceptors (Lipinski definition) is 4. The van der Waals surface area contributed by atoms with Crippen molar-refractivity contribution in [3.8, 4) is 22.9 Å². The van der Waals surface area contributed by atoms with Gasteiger partial charge in [0.2, 0.25) is 0 Å². The first-order valence-electron chi connectivity index (χ1n) is 16.1. The summed E-state index contributed by atoms with van der Waals surface area (Å²) >= 11 is 0. The summed E-state index contributed by atoms with van der Waals surface area (Å²) in [5.41, 5.74) is 0.217. The zero-order valence-electron chi connectivity index (χ0n) is 25.0. The van der Waals surface area contributed by atoms with E-state index in [4.69, 9.17) is 19.5 Å². The first-order chi connectivity index (χ1) is 20.8. The van der Waals surface area contributed by atoms with E-state index in [0.29, 0.717) is 54.9 Å². The molecule has 3 fully saturated rings. The maximum Gasteiger partial charge on any atom is 0.400 e. The topological polar surface area (TPSA) is 51.5 Å². The van der Waals surface area contributed by atoms with Crippen molar-refractivity contribution in [1.82, 2.24) is 0 Å². The minimum absolute atomic E-state index is 0.109. The van der Waals surface area contributed by atoms with Crippen LogP contribution in [0.15, 0.2) is 36.4 Å². The summed E-state index contributed by atoms with van der Waals surface area (Å²) in [4.78, 5) is 0. The lowest BCUT2D eigenvalue weighted by molar-refractivity contribution is -0.232. The number of hydrogen-bond donors (Lipinski definition) is 0. The van der Waals surface area contributed by atoms with Crippen LogP contribution in [0.2, 0.25) is 0 Å². The fraction of sp³-hybridized carbons (Fsp3) is 0.629. The highest BCUT2D eigenvalue weighted by Crippen LogP contribution is 2.46. The monoisotopic (exact) mass is 601 g/mol. The lowest BCUT2D eigenvalue weighted by Crippen LogP contribution is -2.40. The van der Waals surface area contributed by atoms with Crippen LogP contribution in [0.3, 0.4) is 0 Å². The highest BCUT2D eigenvalue weighted by atomic mass is 19.3. The van der Waals surface area contributed by atoms with Gasteiger partial charge in [-0.2, -0.15) is 14.0 Å². The molecule has 0 unspecified atom stereocenters. The third kappa shape index (κ3) is 7.91. The van der Waals surface area contributed by atoms with E-state index in [1.165, 1.54) is 49.9 Å². The Morgan fingerprint density at radius 3 is 1.95 bits per heavy atom. The molecule has 2 aliphatic carbocycles. The molecule has 234 valence electrons. The van der Waals surface area contributed by atoms with Crippen LogP contribution in [0.25, 0.3) is 11.1 Å². The average Bonchev–Trinajstić information content (AvgIpc) is 3.01. The highest BCUT2D eigenvalue weighted by molar-refractivity contribution is 5.66. The first kappa shape index (κ1) is 31.8. The van der Waals surface area contributed by atoms with Crippen molar-refractivity contribution < 1.29 is 31.8 Å². The second-order valence-corrected chi connectivity index (χ2v) is 12.8. The minimum atomic E-state index is -3.53. The van der Waals surface area contributed by atoms with Crippen molar-refractivity contribution in [3.63, 3.8) is 0 Å². The molecule has 8 heteroatoms. The van der Waals surface area contributed by atoms with Crippen molar-refractivity contribution in [2.24, 2.45) is 29.6 Å². The molecule has 1 saturated heterocycles. The van der Waals surface area contributed by atoms with Gasteiger partial charge in [-0.15, -0.1) is 0 Å². The Hall–Kier alpha value is -2.63. The second-order valence-electron chi connectivity index (χ2n) is 12.8. The normalized spacial score (nSPS) is 28.3. The van der Waals surface area contributed by atoms with Gasteiger partial charge in [0.15, 0.2) is 6.29 Å². The van der Waals surface area contributed by atoms with Crippen LogP contribution in [-0.4, -0.2) is 25.6 Å². The van der Waals surface area contributed by atoms with Crippen LogP contribution in [0.1, 0.15) is 89.5 Å². The molecule has 0 bridgehead atoms. The van der Waals surface area contributed by atoms with Crippen molar-refractivity contribution >= 4 is 0 Å². The Bertz CT molecular complexity index is 1200. The number of nitriles is 1. The van der Waals surface area contributed by atoms with Crippen LogP contribution in [0, 0.1) is 52.6 Å². The summed E-state index contributed by atoms with van der Waals surface area (Å²) in [7, 11) is 0. The molecule has 0 N–H and O–H groups in total. The molecule has 2 saturated carbocycles. The molecule has 2 aromatic carbocycles. The number of halogens is 4. The lowest BCUT2D eigenvalue weighted by Gasteiger charge is -2.41. The van der Waals surface area contributed by atoms with Gasteiger partial charge >= 0.3 is 6.11 Å². The summed E-state index contributed by atoms with van der Waals surface area (Å²) in [6.07, 6.45) is 7.52. The lowest BCUT2D eigenvalue weighted by atomic mass is 9.69. The summed E-state index contributed by atoms with van der Waals surface area (Å²) < 4.78 is 77.2. The molecule has 0 aromatic heterocycles. The van der Waals surface area contributed by atoms with Gasteiger partial charge in [0, 0.05) is 24.0 Å². The van der Waals surface area contributed by atoms with Gasteiger partial charge in [-0.05, 0) is 87.3 Å². The molecule has 0 amide bonds. The number of nitrogens with zero attached hydrogens (tertiary/aromatic N) is 1. The molecule has 0 atom stereocenters. The van der Waals surface area contributed by atoms with E-state index in [-0.39, 0.29) is 17.4 Å². The number of rotatable bonds is 10. The Labute approximate surface area is 252 Å². The third-order valence-electron chi connectivity index (χ3n) is 9.90. The Morgan fingerprint density at radius 2 is 1.40 bits per heavy atom. The van der Waals surface area contributed by atoms with Gasteiger partial charge in [-0.25, -0.2) is 8.78 Å². The molecule has 1 heterocycles. The summed E-state index contributed by atoms with van der Waals surface area (Å²) in [5, 5.41) is 8.93. The molecular weight excluding hydrogens is 558 g/mol. The molecular formula is C35H43F4NO3. The van der Waals surface area contributed by atoms with E-state index in [0.717, 1.165) is 51.0 Å². The zero-order chi connectivity index (χ0) is 30.4. The van der Waals surface area contributed by atoms with Crippen molar-refractivity contribution in [3.05, 3.63) is 53.6 Å². The van der Waals surface area contributed by atoms with Crippen LogP contribution < -0.4 is 4.74 Å². The van der Waals surface area contributed by atoms with Gasteiger partial charge in [-0.1, -0.05) is 38.3 Å². The zero-order valence-corrected chi connectivity index (χ0v) is 25.0. The Kier molecular flexibility index (Phi) is 10.7. The van der Waals surface area contributed by atoms with Crippen LogP contribution in [0.5, 0.6) is 5.75 Å². The second kappa shape index (κ2) is 14.4. The number of benzene rings is 2. The van der Waals surface area contributed by atoms with Gasteiger partial charge in [0.25, 0.3) is 0 Å². The van der Waals surface area contributed by atoms with Gasteiger partial charge in [0.05, 0.1) is 36.3 Å². The molecule has 1 aliphatic heterocycles. The van der Waals surface area contributed by atoms with E-state index in [2.05, 4.69) is 6.92 Å². The molecule has 0 spiro atoms. The van der Waals surface area contributed by atoms with Crippen molar-refractivity contribution in [2.45, 2.75) is 96.4 Å². The number of alkyl halides is 2. The molecule has 3 aliphatic rings. The van der Waals surface area contributed by atoms with Gasteiger partial charge in [0.1, 0.15) is 17.4 Å². The molecule has 4 nitrogen and oxygen atoms in total. The van der Waals surface area contributed by atoms with E-state index in [9.17, 15) is 8.78 Å². The largest absolute Gasteiger partial charge is 0.432 e. The standard InChI is InChI=1S/C35H43F4NO3/c1-2-3-4-5-24-21-41-34(42-22-24)28-12-10-25(11-13-28)26-14-16-29(17-15-26)35(38,39)43-30-18-31(36)33(32(37)19-30)27-8-6-23(20-40)7-9-27/h6-9,18-19,24-26,28-29,34H,2-5,10-17,21-22H2,1H3. The minimum Gasteiger partial charge on any atom is -0.432 e. The Balaban J connectivity index is 1.08. The predicted octanol–water partition coefficient (Wildman–Crippen LogP) is 9.66. The maximum absolute atomic E-state index is 15.2. The molecule has 0 radical (unpaired) electrons. The van der Waals surface area contributed by atoms with E-state index in [1.807, 2.05) is 6.07 Å². The van der Waals surface area contributed by atoms with Crippen LogP contribution in [0.4, 0.5) is 17.6 Å². The quantitative estimate of drug-likeness (QED) is 0.201. The highest BCUT2D eigenvalue weighted by Gasteiger charge is 2.45. The predicted molar refractivity (Wildman–Crippen MR) is 156 cm³/mol. The Morgan fingerprint density at radius 1 is 0.837 bits per heavy atom. The third-order valence-corrected chi connectivity index (χ3v) is 9.90. The number of ether oxygens (including phenoxy) is 3. The fourth-order valence-corrected chi connectivity index (χ4v) is 7.33. The van der Waals surface area contributed by atoms with Crippen LogP contribution in [-0.2, 0) is 9.47 Å². The molecule has 43 heavy (non-hydrogen) atoms. The smallest absolute Gasteiger partial charge is 0.400 e. The number of unbranched alkanes of at least 4 members (excludes halogenated alkanes) is 2. The summed E-state index contributed by atoms with van der Waals surface area (Å²) in [6, 6.07) is 9.28. The van der Waals surface area contributed by atoms with E-state index < -0.39 is 29.4 Å². The SMILES string of the molecule is CCCCCC1COC(C2CCC(C3CCC(C(F)(F)Oc4cc(F)c(-c5ccc(C#N)cc5)c(F)c4)CC3)CC2)OC1. The first-order valence-corrected chi connectivity index (χ1v) is 16.1. The molecule has 5 rings (SSSR count). The van der Waals surface area contributed by atoms with Gasteiger partial charge in [-0.3, -0.25) is 0 Å². The van der Waals surface area contributed by atoms with Crippen molar-refractivity contribution in [2.75, 3.05) is 13.2 Å². The van der Waals surface area contributed by atoms with E-state index in [1.54, 1.807) is 0 Å². The van der Waals surface area contributed by atoms with Crippen molar-refractivity contribution in [1.29, 1.82) is 5.26 Å². The maximum atomic E-state index is 15.2. The summed E-state index contributed by atoms with van der Waals surface area (Å²) in [5.74, 6) is -1.68. The molecule has 2 aromatic rings. The average molecular weight is 602 g/mol.